The van der Waals surface area contributed by atoms with Crippen molar-refractivity contribution in [2.75, 3.05) is 44.4 Å². The zero-order valence-corrected chi connectivity index (χ0v) is 18.1. The maximum atomic E-state index is 11.6. The van der Waals surface area contributed by atoms with Crippen LogP contribution in [0.1, 0.15) is 30.1 Å². The molecule has 2 N–H and O–H groups in total. The Bertz CT molecular complexity index is 998. The zero-order valence-electron chi connectivity index (χ0n) is 17.3. The van der Waals surface area contributed by atoms with Crippen molar-refractivity contribution in [1.82, 2.24) is 19.8 Å². The normalized spacial score (nSPS) is 16.0. The van der Waals surface area contributed by atoms with Crippen LogP contribution in [0.15, 0.2) is 22.7 Å². The van der Waals surface area contributed by atoms with E-state index in [9.17, 15) is 18.3 Å². The van der Waals surface area contributed by atoms with Crippen molar-refractivity contribution in [2.24, 2.45) is 0 Å². The molecule has 1 fully saturated rings. The number of rotatable bonds is 7. The highest BCUT2D eigenvalue weighted by Gasteiger charge is 2.28. The van der Waals surface area contributed by atoms with Crippen molar-refractivity contribution in [3.63, 3.8) is 0 Å². The van der Waals surface area contributed by atoms with Gasteiger partial charge in [-0.3, -0.25) is 4.90 Å². The number of sulfonamides is 1. The van der Waals surface area contributed by atoms with Crippen molar-refractivity contribution in [1.29, 1.82) is 0 Å². The molecule has 3 rings (SSSR count). The molecule has 2 aromatic rings. The summed E-state index contributed by atoms with van der Waals surface area (Å²) < 4.78 is 30.4. The summed E-state index contributed by atoms with van der Waals surface area (Å²) in [5, 5.41) is 13.4. The number of piperidine rings is 1. The number of carbonyl (C=O) groups is 1. The lowest BCUT2D eigenvalue weighted by molar-refractivity contribution is 0.203. The van der Waals surface area contributed by atoms with Crippen LogP contribution in [0, 0.1) is 6.92 Å². The standard InChI is InChI=1S/C19H27N5O5S/c1-13-21-18(29-22-13)17-15(5-4-6-16(17)23(2)19(25)26)14-7-10-24(11-8-14)12-9-20-30(3,27)28/h4-6,14,20H,7-12H2,1-3H3,(H,25,26). The van der Waals surface area contributed by atoms with Gasteiger partial charge in [-0.1, -0.05) is 17.3 Å². The minimum absolute atomic E-state index is 0.202. The van der Waals surface area contributed by atoms with Gasteiger partial charge in [0, 0.05) is 20.1 Å². The number of nitrogens with one attached hydrogen (secondary N) is 1. The van der Waals surface area contributed by atoms with Gasteiger partial charge in [0.05, 0.1) is 17.5 Å². The summed E-state index contributed by atoms with van der Waals surface area (Å²) in [6.07, 6.45) is 1.80. The van der Waals surface area contributed by atoms with Crippen LogP contribution in [0.3, 0.4) is 0 Å². The molecule has 0 bridgehead atoms. The maximum Gasteiger partial charge on any atom is 0.411 e. The first-order valence-electron chi connectivity index (χ1n) is 9.73. The monoisotopic (exact) mass is 437 g/mol. The smallest absolute Gasteiger partial charge is 0.411 e. The molecule has 0 atom stereocenters. The third-order valence-electron chi connectivity index (χ3n) is 5.28. The number of hydrogen-bond acceptors (Lipinski definition) is 7. The Morgan fingerprint density at radius 2 is 2.07 bits per heavy atom. The van der Waals surface area contributed by atoms with Gasteiger partial charge in [-0.25, -0.2) is 17.9 Å². The van der Waals surface area contributed by atoms with E-state index >= 15 is 0 Å². The van der Waals surface area contributed by atoms with E-state index in [0.29, 0.717) is 36.1 Å². The van der Waals surface area contributed by atoms with E-state index in [1.165, 1.54) is 7.05 Å². The SMILES string of the molecule is Cc1noc(-c2c(C3CCN(CCNS(C)(=O)=O)CC3)cccc2N(C)C(=O)O)n1. The molecule has 1 saturated heterocycles. The lowest BCUT2D eigenvalue weighted by Gasteiger charge is -2.33. The van der Waals surface area contributed by atoms with E-state index in [2.05, 4.69) is 19.8 Å². The number of likely N-dealkylation sites (tertiary alicyclic amines) is 1. The first kappa shape index (κ1) is 22.2. The topological polar surface area (TPSA) is 129 Å². The molecule has 0 aliphatic carbocycles. The van der Waals surface area contributed by atoms with Gasteiger partial charge in [0.15, 0.2) is 5.82 Å². The number of carboxylic acid groups (broad SMARTS) is 1. The van der Waals surface area contributed by atoms with E-state index in [4.69, 9.17) is 4.52 Å². The second-order valence-electron chi connectivity index (χ2n) is 7.51. The summed E-state index contributed by atoms with van der Waals surface area (Å²) >= 11 is 0. The number of aromatic nitrogens is 2. The van der Waals surface area contributed by atoms with E-state index in [1.54, 1.807) is 13.0 Å². The van der Waals surface area contributed by atoms with Crippen molar-refractivity contribution in [3.05, 3.63) is 29.6 Å². The fourth-order valence-electron chi connectivity index (χ4n) is 3.77. The first-order chi connectivity index (χ1) is 14.2. The summed E-state index contributed by atoms with van der Waals surface area (Å²) in [6.45, 7) is 4.39. The fourth-order valence-corrected chi connectivity index (χ4v) is 4.23. The average Bonchev–Trinajstić information content (AvgIpc) is 3.12. The van der Waals surface area contributed by atoms with Gasteiger partial charge in [-0.05, 0) is 50.4 Å². The van der Waals surface area contributed by atoms with Gasteiger partial charge in [0.1, 0.15) is 0 Å². The summed E-state index contributed by atoms with van der Waals surface area (Å²) in [5.74, 6) is 0.997. The Kier molecular flexibility index (Phi) is 6.74. The largest absolute Gasteiger partial charge is 0.465 e. The van der Waals surface area contributed by atoms with Crippen LogP contribution in [0.4, 0.5) is 10.5 Å². The quantitative estimate of drug-likeness (QED) is 0.672. The molecule has 0 saturated carbocycles. The average molecular weight is 438 g/mol. The lowest BCUT2D eigenvalue weighted by atomic mass is 9.85. The van der Waals surface area contributed by atoms with Crippen LogP contribution >= 0.6 is 0 Å². The van der Waals surface area contributed by atoms with Crippen LogP contribution in [-0.4, -0.2) is 74.1 Å². The third-order valence-corrected chi connectivity index (χ3v) is 6.01. The van der Waals surface area contributed by atoms with Crippen molar-refractivity contribution in [2.45, 2.75) is 25.7 Å². The Morgan fingerprint density at radius 1 is 1.37 bits per heavy atom. The Labute approximate surface area is 175 Å². The molecule has 0 unspecified atom stereocenters. The number of anilines is 1. The molecule has 2 heterocycles. The highest BCUT2D eigenvalue weighted by atomic mass is 32.2. The minimum Gasteiger partial charge on any atom is -0.465 e. The number of amides is 1. The molecular formula is C19H27N5O5S. The molecule has 11 heteroatoms. The zero-order chi connectivity index (χ0) is 21.9. The predicted molar refractivity (Wildman–Crippen MR) is 112 cm³/mol. The summed E-state index contributed by atoms with van der Waals surface area (Å²) in [4.78, 5) is 19.3. The molecular weight excluding hydrogens is 410 g/mol. The number of aryl methyl sites for hydroxylation is 1. The second kappa shape index (κ2) is 9.11. The van der Waals surface area contributed by atoms with Crippen LogP contribution in [0.5, 0.6) is 0 Å². The van der Waals surface area contributed by atoms with E-state index < -0.39 is 16.1 Å². The second-order valence-corrected chi connectivity index (χ2v) is 9.35. The van der Waals surface area contributed by atoms with Gasteiger partial charge >= 0.3 is 6.09 Å². The molecule has 0 radical (unpaired) electrons. The predicted octanol–water partition coefficient (Wildman–Crippen LogP) is 1.89. The summed E-state index contributed by atoms with van der Waals surface area (Å²) in [6, 6.07) is 5.57. The highest BCUT2D eigenvalue weighted by Crippen LogP contribution is 2.40. The molecule has 1 aliphatic heterocycles. The highest BCUT2D eigenvalue weighted by molar-refractivity contribution is 7.88. The van der Waals surface area contributed by atoms with Crippen molar-refractivity contribution in [3.8, 4) is 11.5 Å². The van der Waals surface area contributed by atoms with Gasteiger partial charge in [-0.15, -0.1) is 0 Å². The van der Waals surface area contributed by atoms with Gasteiger partial charge in [-0.2, -0.15) is 4.98 Å². The summed E-state index contributed by atoms with van der Waals surface area (Å²) in [7, 11) is -1.69. The molecule has 0 spiro atoms. The van der Waals surface area contributed by atoms with Crippen LogP contribution < -0.4 is 9.62 Å². The van der Waals surface area contributed by atoms with Gasteiger partial charge in [0.25, 0.3) is 5.89 Å². The number of hydrogen-bond donors (Lipinski definition) is 2. The minimum atomic E-state index is -3.19. The number of benzene rings is 1. The van der Waals surface area contributed by atoms with Crippen LogP contribution in [0.2, 0.25) is 0 Å². The molecule has 1 aliphatic rings. The lowest BCUT2D eigenvalue weighted by Crippen LogP contribution is -2.39. The van der Waals surface area contributed by atoms with Gasteiger partial charge < -0.3 is 14.5 Å². The Balaban J connectivity index is 1.81. The molecule has 30 heavy (non-hydrogen) atoms. The first-order valence-corrected chi connectivity index (χ1v) is 11.6. The van der Waals surface area contributed by atoms with Crippen LogP contribution in [0.25, 0.3) is 11.5 Å². The van der Waals surface area contributed by atoms with E-state index in [-0.39, 0.29) is 5.92 Å². The molecule has 1 amide bonds. The maximum absolute atomic E-state index is 11.6. The summed E-state index contributed by atoms with van der Waals surface area (Å²) in [5.41, 5.74) is 2.14. The van der Waals surface area contributed by atoms with Crippen molar-refractivity contribution >= 4 is 21.8 Å². The number of nitrogens with zero attached hydrogens (tertiary/aromatic N) is 4. The third kappa shape index (κ3) is 5.35. The Hall–Kier alpha value is -2.50. The molecule has 1 aromatic heterocycles. The Morgan fingerprint density at radius 3 is 2.63 bits per heavy atom. The fraction of sp³-hybridized carbons (Fsp3) is 0.526. The van der Waals surface area contributed by atoms with Gasteiger partial charge in [0.2, 0.25) is 10.0 Å². The molecule has 10 nitrogen and oxygen atoms in total. The van der Waals surface area contributed by atoms with E-state index in [1.807, 2.05) is 12.1 Å². The van der Waals surface area contributed by atoms with Crippen molar-refractivity contribution < 1.29 is 22.8 Å². The molecule has 164 valence electrons. The molecule has 1 aromatic carbocycles. The van der Waals surface area contributed by atoms with E-state index in [0.717, 1.165) is 42.7 Å². The van der Waals surface area contributed by atoms with Crippen LogP contribution in [-0.2, 0) is 10.0 Å².